The van der Waals surface area contributed by atoms with E-state index in [-0.39, 0.29) is 12.5 Å². The average molecular weight is 370 g/mol. The minimum atomic E-state index is -0.181. The van der Waals surface area contributed by atoms with Gasteiger partial charge in [-0.1, -0.05) is 39.8 Å². The lowest BCUT2D eigenvalue weighted by Gasteiger charge is -2.15. The van der Waals surface area contributed by atoms with E-state index < -0.39 is 0 Å². The third-order valence-corrected chi connectivity index (χ3v) is 4.25. The summed E-state index contributed by atoms with van der Waals surface area (Å²) in [6.07, 6.45) is 1.02. The Morgan fingerprint density at radius 2 is 1.70 bits per heavy atom. The van der Waals surface area contributed by atoms with E-state index in [2.05, 4.69) is 45.1 Å². The molecular formula is C23H31NO3. The average Bonchev–Trinajstić information content (AvgIpc) is 2.61. The molecule has 0 heterocycles. The lowest BCUT2D eigenvalue weighted by Crippen LogP contribution is -2.20. The van der Waals surface area contributed by atoms with E-state index in [9.17, 15) is 4.79 Å². The molecule has 2 rings (SSSR count). The van der Waals surface area contributed by atoms with E-state index in [1.54, 1.807) is 0 Å². The fourth-order valence-electron chi connectivity index (χ4n) is 2.63. The molecule has 27 heavy (non-hydrogen) atoms. The van der Waals surface area contributed by atoms with Crippen LogP contribution in [0.2, 0.25) is 0 Å². The molecule has 0 bridgehead atoms. The van der Waals surface area contributed by atoms with E-state index in [0.29, 0.717) is 18.4 Å². The Balaban J connectivity index is 1.86. The van der Waals surface area contributed by atoms with Crippen LogP contribution in [0, 0.1) is 12.8 Å². The highest BCUT2D eigenvalue weighted by Gasteiger charge is 2.10. The maximum atomic E-state index is 12.2. The molecule has 1 amide bonds. The largest absolute Gasteiger partial charge is 0.494 e. The molecule has 0 unspecified atom stereocenters. The first-order chi connectivity index (χ1) is 12.8. The van der Waals surface area contributed by atoms with Crippen molar-refractivity contribution in [2.24, 2.45) is 5.92 Å². The lowest BCUT2D eigenvalue weighted by molar-refractivity contribution is -0.118. The molecule has 0 spiro atoms. The first kappa shape index (κ1) is 20.8. The number of aryl methyl sites for hydroxylation is 1. The zero-order valence-electron chi connectivity index (χ0n) is 17.0. The fourth-order valence-corrected chi connectivity index (χ4v) is 2.63. The van der Waals surface area contributed by atoms with Gasteiger partial charge in [0.15, 0.2) is 6.61 Å². The monoisotopic (exact) mass is 369 g/mol. The molecule has 0 aliphatic carbocycles. The molecule has 0 saturated carbocycles. The van der Waals surface area contributed by atoms with Crippen LogP contribution in [0.5, 0.6) is 11.5 Å². The summed E-state index contributed by atoms with van der Waals surface area (Å²) in [7, 11) is 0. The van der Waals surface area contributed by atoms with Crippen LogP contribution in [-0.2, 0) is 4.79 Å². The Kier molecular flexibility index (Phi) is 7.71. The van der Waals surface area contributed by atoms with Crippen molar-refractivity contribution in [1.82, 2.24) is 0 Å². The molecule has 2 aromatic rings. The van der Waals surface area contributed by atoms with Gasteiger partial charge in [0.05, 0.1) is 6.61 Å². The van der Waals surface area contributed by atoms with Crippen LogP contribution in [0.1, 0.15) is 51.2 Å². The molecular weight excluding hydrogens is 338 g/mol. The number of benzene rings is 2. The molecule has 0 aromatic heterocycles. The Labute approximate surface area is 162 Å². The summed E-state index contributed by atoms with van der Waals surface area (Å²) in [5, 5.41) is 2.86. The van der Waals surface area contributed by atoms with Crippen LogP contribution in [0.15, 0.2) is 42.5 Å². The van der Waals surface area contributed by atoms with Crippen LogP contribution < -0.4 is 14.8 Å². The van der Waals surface area contributed by atoms with Crippen LogP contribution in [-0.4, -0.2) is 19.1 Å². The third-order valence-electron chi connectivity index (χ3n) is 4.25. The number of amides is 1. The number of nitrogens with one attached hydrogen (secondary N) is 1. The summed E-state index contributed by atoms with van der Waals surface area (Å²) in [6.45, 7) is 11.3. The van der Waals surface area contributed by atoms with Crippen molar-refractivity contribution < 1.29 is 14.3 Å². The molecule has 0 fully saturated rings. The topological polar surface area (TPSA) is 47.6 Å². The summed E-state index contributed by atoms with van der Waals surface area (Å²) in [4.78, 5) is 12.2. The van der Waals surface area contributed by atoms with Gasteiger partial charge in [0, 0.05) is 5.69 Å². The summed E-state index contributed by atoms with van der Waals surface area (Å²) in [5.41, 5.74) is 2.95. The minimum absolute atomic E-state index is 0.0180. The van der Waals surface area contributed by atoms with Crippen molar-refractivity contribution in [3.8, 4) is 11.5 Å². The van der Waals surface area contributed by atoms with Gasteiger partial charge >= 0.3 is 0 Å². The zero-order valence-corrected chi connectivity index (χ0v) is 17.0. The van der Waals surface area contributed by atoms with E-state index in [0.717, 1.165) is 34.7 Å². The maximum absolute atomic E-state index is 12.2. The van der Waals surface area contributed by atoms with Crippen LogP contribution in [0.4, 0.5) is 5.69 Å². The molecule has 0 aliphatic heterocycles. The predicted octanol–water partition coefficient (Wildman–Crippen LogP) is 5.56. The quantitative estimate of drug-likeness (QED) is 0.629. The summed E-state index contributed by atoms with van der Waals surface area (Å²) < 4.78 is 11.5. The number of ether oxygens (including phenoxy) is 2. The van der Waals surface area contributed by atoms with Crippen LogP contribution in [0.25, 0.3) is 0 Å². The molecule has 0 atom stereocenters. The molecule has 2 aromatic carbocycles. The van der Waals surface area contributed by atoms with Crippen molar-refractivity contribution in [3.63, 3.8) is 0 Å². The maximum Gasteiger partial charge on any atom is 0.262 e. The van der Waals surface area contributed by atoms with E-state index >= 15 is 0 Å². The molecule has 4 heteroatoms. The normalized spacial score (nSPS) is 10.9. The number of carbonyl (C=O) groups is 1. The standard InChI is InChI=1S/C23H31NO3/c1-16(2)12-13-26-20-9-7-19(8-10-20)24-23(25)15-27-22-14-18(5)6-11-21(22)17(3)4/h6-11,14,16-17H,12-13,15H2,1-5H3,(H,24,25). The third kappa shape index (κ3) is 6.97. The molecule has 146 valence electrons. The number of hydrogen-bond donors (Lipinski definition) is 1. The molecule has 1 N–H and O–H groups in total. The van der Waals surface area contributed by atoms with Gasteiger partial charge in [-0.25, -0.2) is 0 Å². The smallest absolute Gasteiger partial charge is 0.262 e. The van der Waals surface area contributed by atoms with Crippen molar-refractivity contribution >= 4 is 11.6 Å². The number of anilines is 1. The summed E-state index contributed by atoms with van der Waals surface area (Å²) in [5.74, 6) is 2.36. The van der Waals surface area contributed by atoms with Gasteiger partial charge in [-0.3, -0.25) is 4.79 Å². The van der Waals surface area contributed by atoms with Gasteiger partial charge in [0.2, 0.25) is 0 Å². The van der Waals surface area contributed by atoms with Crippen molar-refractivity contribution in [3.05, 3.63) is 53.6 Å². The molecule has 0 aliphatic rings. The second-order valence-electron chi connectivity index (χ2n) is 7.59. The van der Waals surface area contributed by atoms with Gasteiger partial charge in [-0.05, 0) is 66.6 Å². The van der Waals surface area contributed by atoms with Crippen LogP contribution in [0.3, 0.4) is 0 Å². The first-order valence-corrected chi connectivity index (χ1v) is 9.61. The second kappa shape index (κ2) is 10.0. The second-order valence-corrected chi connectivity index (χ2v) is 7.59. The van der Waals surface area contributed by atoms with Crippen molar-refractivity contribution in [2.75, 3.05) is 18.5 Å². The highest BCUT2D eigenvalue weighted by Crippen LogP contribution is 2.27. The lowest BCUT2D eigenvalue weighted by atomic mass is 10.0. The fraction of sp³-hybridized carbons (Fsp3) is 0.435. The van der Waals surface area contributed by atoms with Gasteiger partial charge in [0.1, 0.15) is 11.5 Å². The number of carbonyl (C=O) groups excluding carboxylic acids is 1. The van der Waals surface area contributed by atoms with E-state index in [4.69, 9.17) is 9.47 Å². The van der Waals surface area contributed by atoms with Gasteiger partial charge < -0.3 is 14.8 Å². The predicted molar refractivity (Wildman–Crippen MR) is 111 cm³/mol. The van der Waals surface area contributed by atoms with E-state index in [1.807, 2.05) is 37.3 Å². The Hall–Kier alpha value is -2.49. The SMILES string of the molecule is Cc1ccc(C(C)C)c(OCC(=O)Nc2ccc(OCCC(C)C)cc2)c1. The molecule has 4 nitrogen and oxygen atoms in total. The van der Waals surface area contributed by atoms with Gasteiger partial charge in [-0.2, -0.15) is 0 Å². The summed E-state index contributed by atoms with van der Waals surface area (Å²) >= 11 is 0. The first-order valence-electron chi connectivity index (χ1n) is 9.61. The molecule has 0 radical (unpaired) electrons. The highest BCUT2D eigenvalue weighted by molar-refractivity contribution is 5.91. The number of hydrogen-bond acceptors (Lipinski definition) is 3. The zero-order chi connectivity index (χ0) is 19.8. The minimum Gasteiger partial charge on any atom is -0.494 e. The highest BCUT2D eigenvalue weighted by atomic mass is 16.5. The number of rotatable bonds is 9. The Morgan fingerprint density at radius 1 is 1.00 bits per heavy atom. The Morgan fingerprint density at radius 3 is 2.33 bits per heavy atom. The van der Waals surface area contributed by atoms with E-state index in [1.165, 1.54) is 0 Å². The van der Waals surface area contributed by atoms with Crippen molar-refractivity contribution in [1.29, 1.82) is 0 Å². The Bertz CT molecular complexity index is 736. The van der Waals surface area contributed by atoms with Crippen molar-refractivity contribution in [2.45, 2.75) is 47.0 Å². The molecule has 0 saturated heterocycles. The van der Waals surface area contributed by atoms with Gasteiger partial charge in [0.25, 0.3) is 5.91 Å². The van der Waals surface area contributed by atoms with Gasteiger partial charge in [-0.15, -0.1) is 0 Å². The summed E-state index contributed by atoms with van der Waals surface area (Å²) in [6, 6.07) is 13.5. The van der Waals surface area contributed by atoms with Crippen LogP contribution >= 0.6 is 0 Å².